The average molecular weight is 363 g/mol. The van der Waals surface area contributed by atoms with Crippen LogP contribution >= 0.6 is 0 Å². The van der Waals surface area contributed by atoms with Gasteiger partial charge in [0.2, 0.25) is 0 Å². The predicted molar refractivity (Wildman–Crippen MR) is 98.0 cm³/mol. The van der Waals surface area contributed by atoms with Gasteiger partial charge in [-0.25, -0.2) is 9.78 Å². The molecule has 3 aromatic rings. The van der Waals surface area contributed by atoms with Gasteiger partial charge in [-0.3, -0.25) is 9.69 Å². The minimum atomic E-state index is -0.468. The van der Waals surface area contributed by atoms with Crippen molar-refractivity contribution in [2.45, 2.75) is 6.54 Å². The van der Waals surface area contributed by atoms with E-state index in [9.17, 15) is 9.59 Å². The quantitative estimate of drug-likeness (QED) is 0.666. The van der Waals surface area contributed by atoms with Crippen LogP contribution in [-0.2, 0) is 16.1 Å². The number of nitrogens with zero attached hydrogens (tertiary/aromatic N) is 3. The van der Waals surface area contributed by atoms with Crippen molar-refractivity contribution in [3.63, 3.8) is 0 Å². The number of para-hydroxylation sites is 1. The van der Waals surface area contributed by atoms with Crippen molar-refractivity contribution in [1.29, 1.82) is 0 Å². The summed E-state index contributed by atoms with van der Waals surface area (Å²) in [5.74, 6) is -0.118. The molecule has 1 aliphatic rings. The summed E-state index contributed by atoms with van der Waals surface area (Å²) in [5.41, 5.74) is 2.60. The Balaban J connectivity index is 1.64. The Morgan fingerprint density at radius 1 is 1.22 bits per heavy atom. The van der Waals surface area contributed by atoms with E-state index in [4.69, 9.17) is 9.47 Å². The van der Waals surface area contributed by atoms with Crippen LogP contribution in [0.2, 0.25) is 0 Å². The molecule has 7 nitrogen and oxygen atoms in total. The van der Waals surface area contributed by atoms with E-state index in [1.54, 1.807) is 29.4 Å². The molecule has 7 heteroatoms. The van der Waals surface area contributed by atoms with Gasteiger partial charge in [-0.15, -0.1) is 0 Å². The third kappa shape index (κ3) is 3.27. The highest BCUT2D eigenvalue weighted by Crippen LogP contribution is 2.34. The maximum absolute atomic E-state index is 12.4. The Morgan fingerprint density at radius 2 is 2.04 bits per heavy atom. The van der Waals surface area contributed by atoms with Gasteiger partial charge in [0.05, 0.1) is 36.9 Å². The van der Waals surface area contributed by atoms with Crippen molar-refractivity contribution < 1.29 is 19.1 Å². The summed E-state index contributed by atoms with van der Waals surface area (Å²) in [6.07, 6.45) is 3.59. The lowest BCUT2D eigenvalue weighted by atomic mass is 10.1. The summed E-state index contributed by atoms with van der Waals surface area (Å²) in [4.78, 5) is 30.2. The van der Waals surface area contributed by atoms with Gasteiger partial charge >= 0.3 is 5.97 Å². The maximum atomic E-state index is 12.4. The lowest BCUT2D eigenvalue weighted by Gasteiger charge is -2.29. The van der Waals surface area contributed by atoms with Crippen LogP contribution in [0.25, 0.3) is 5.69 Å². The maximum Gasteiger partial charge on any atom is 0.337 e. The first kappa shape index (κ1) is 16.8. The smallest absolute Gasteiger partial charge is 0.337 e. The first-order valence-electron chi connectivity index (χ1n) is 8.39. The van der Waals surface area contributed by atoms with Crippen LogP contribution in [0.1, 0.15) is 16.1 Å². The molecule has 0 fully saturated rings. The van der Waals surface area contributed by atoms with Gasteiger partial charge in [0.25, 0.3) is 5.91 Å². The molecule has 0 atom stereocenters. The minimum Gasteiger partial charge on any atom is -0.482 e. The van der Waals surface area contributed by atoms with Crippen LogP contribution in [0.4, 0.5) is 5.69 Å². The molecule has 0 aliphatic carbocycles. The van der Waals surface area contributed by atoms with Gasteiger partial charge in [-0.1, -0.05) is 18.2 Å². The van der Waals surface area contributed by atoms with E-state index in [1.807, 2.05) is 41.1 Å². The first-order chi connectivity index (χ1) is 13.2. The molecule has 1 aromatic heterocycles. The molecule has 2 aromatic carbocycles. The molecular weight excluding hydrogens is 346 g/mol. The number of ether oxygens (including phenoxy) is 2. The number of aromatic nitrogens is 2. The molecule has 0 radical (unpaired) electrons. The molecule has 0 N–H and O–H groups in total. The Bertz CT molecular complexity index is 997. The molecule has 2 heterocycles. The molecule has 27 heavy (non-hydrogen) atoms. The number of rotatable bonds is 4. The molecule has 0 bridgehead atoms. The number of benzene rings is 2. The van der Waals surface area contributed by atoms with Crippen molar-refractivity contribution in [3.8, 4) is 11.4 Å². The van der Waals surface area contributed by atoms with Gasteiger partial charge in [0.15, 0.2) is 6.61 Å². The van der Waals surface area contributed by atoms with E-state index < -0.39 is 5.97 Å². The molecule has 0 spiro atoms. The number of esters is 1. The zero-order chi connectivity index (χ0) is 18.8. The highest BCUT2D eigenvalue weighted by Gasteiger charge is 2.27. The third-order valence-electron chi connectivity index (χ3n) is 4.33. The van der Waals surface area contributed by atoms with Crippen molar-refractivity contribution in [3.05, 3.63) is 72.3 Å². The second kappa shape index (κ2) is 6.95. The summed E-state index contributed by atoms with van der Waals surface area (Å²) in [6.45, 7) is 0.226. The first-order valence-corrected chi connectivity index (χ1v) is 8.39. The normalized spacial score (nSPS) is 13.1. The summed E-state index contributed by atoms with van der Waals surface area (Å²) >= 11 is 0. The highest BCUT2D eigenvalue weighted by atomic mass is 16.5. The lowest BCUT2D eigenvalue weighted by Crippen LogP contribution is -2.38. The second-order valence-electron chi connectivity index (χ2n) is 6.05. The van der Waals surface area contributed by atoms with Crippen molar-refractivity contribution >= 4 is 17.6 Å². The minimum absolute atomic E-state index is 0.0516. The van der Waals surface area contributed by atoms with E-state index in [2.05, 4.69) is 4.98 Å². The number of amides is 1. The number of hydrogen-bond acceptors (Lipinski definition) is 5. The van der Waals surface area contributed by atoms with Gasteiger partial charge in [-0.05, 0) is 30.3 Å². The third-order valence-corrected chi connectivity index (χ3v) is 4.33. The van der Waals surface area contributed by atoms with E-state index in [-0.39, 0.29) is 19.1 Å². The summed E-state index contributed by atoms with van der Waals surface area (Å²) in [6, 6.07) is 14.7. The topological polar surface area (TPSA) is 73.7 Å². The second-order valence-corrected chi connectivity index (χ2v) is 6.05. The van der Waals surface area contributed by atoms with Crippen LogP contribution in [0, 0.1) is 0 Å². The number of carbonyl (C=O) groups excluding carboxylic acids is 2. The van der Waals surface area contributed by atoms with E-state index in [0.29, 0.717) is 17.0 Å². The molecule has 0 saturated carbocycles. The lowest BCUT2D eigenvalue weighted by molar-refractivity contribution is -0.121. The Morgan fingerprint density at radius 3 is 2.81 bits per heavy atom. The molecule has 1 aliphatic heterocycles. The number of hydrogen-bond donors (Lipinski definition) is 0. The zero-order valence-corrected chi connectivity index (χ0v) is 14.7. The summed E-state index contributed by atoms with van der Waals surface area (Å²) in [5, 5.41) is 0. The molecule has 136 valence electrons. The number of carbonyl (C=O) groups is 2. The van der Waals surface area contributed by atoms with Gasteiger partial charge in [0.1, 0.15) is 5.75 Å². The summed E-state index contributed by atoms with van der Waals surface area (Å²) < 4.78 is 12.1. The largest absolute Gasteiger partial charge is 0.482 e. The predicted octanol–water partition coefficient (Wildman–Crippen LogP) is 2.58. The van der Waals surface area contributed by atoms with Crippen LogP contribution in [0.3, 0.4) is 0 Å². The van der Waals surface area contributed by atoms with Crippen LogP contribution in [0.15, 0.2) is 61.1 Å². The Hall–Kier alpha value is -3.61. The number of methoxy groups -OCH3 is 1. The molecular formula is C20H17N3O4. The molecule has 0 saturated heterocycles. The fourth-order valence-corrected chi connectivity index (χ4v) is 2.97. The number of imidazole rings is 1. The fourth-order valence-electron chi connectivity index (χ4n) is 2.97. The number of fused-ring (bicyclic) bond motifs is 1. The molecule has 4 rings (SSSR count). The van der Waals surface area contributed by atoms with Crippen molar-refractivity contribution in [2.24, 2.45) is 0 Å². The van der Waals surface area contributed by atoms with Gasteiger partial charge in [0, 0.05) is 11.9 Å². The summed E-state index contributed by atoms with van der Waals surface area (Å²) in [7, 11) is 1.32. The van der Waals surface area contributed by atoms with Crippen LogP contribution < -0.4 is 9.64 Å². The van der Waals surface area contributed by atoms with E-state index in [1.165, 1.54) is 7.11 Å². The molecule has 1 amide bonds. The average Bonchev–Trinajstić information content (AvgIpc) is 3.18. The van der Waals surface area contributed by atoms with Crippen LogP contribution in [-0.4, -0.2) is 35.1 Å². The molecule has 0 unspecified atom stereocenters. The Labute approximate surface area is 155 Å². The van der Waals surface area contributed by atoms with E-state index >= 15 is 0 Å². The van der Waals surface area contributed by atoms with Gasteiger partial charge < -0.3 is 14.0 Å². The zero-order valence-electron chi connectivity index (χ0n) is 14.7. The van der Waals surface area contributed by atoms with Crippen LogP contribution in [0.5, 0.6) is 5.75 Å². The van der Waals surface area contributed by atoms with Crippen molar-refractivity contribution in [1.82, 2.24) is 9.55 Å². The Kier molecular flexibility index (Phi) is 4.33. The van der Waals surface area contributed by atoms with Gasteiger partial charge in [-0.2, -0.15) is 0 Å². The monoisotopic (exact) mass is 363 g/mol. The standard InChI is InChI=1S/C20H17N3O4/c1-26-20(25)14-7-8-18-17(9-14)23(19(24)12-27-18)11-15-10-22(13-21-15)16-5-3-2-4-6-16/h2-10,13H,11-12H2,1H3. The highest BCUT2D eigenvalue weighted by molar-refractivity contribution is 6.00. The van der Waals surface area contributed by atoms with E-state index in [0.717, 1.165) is 11.4 Å². The number of anilines is 1. The fraction of sp³-hybridized carbons (Fsp3) is 0.150. The van der Waals surface area contributed by atoms with Crippen molar-refractivity contribution in [2.75, 3.05) is 18.6 Å². The SMILES string of the molecule is COC(=O)c1ccc2c(c1)N(Cc1cn(-c3ccccc3)cn1)C(=O)CO2.